The molecule has 0 aromatic heterocycles. The van der Waals surface area contributed by atoms with E-state index in [4.69, 9.17) is 21.1 Å². The zero-order chi connectivity index (χ0) is 14.7. The fourth-order valence-electron chi connectivity index (χ4n) is 2.44. The van der Waals surface area contributed by atoms with Crippen molar-refractivity contribution in [2.45, 2.75) is 25.8 Å². The number of halogens is 1. The fraction of sp³-hybridized carbons (Fsp3) is 0.294. The van der Waals surface area contributed by atoms with Crippen molar-refractivity contribution in [3.8, 4) is 11.5 Å². The molecule has 0 radical (unpaired) electrons. The molecule has 1 N–H and O–H groups in total. The van der Waals surface area contributed by atoms with Crippen LogP contribution in [0.4, 0.5) is 5.69 Å². The number of hydrogen-bond acceptors (Lipinski definition) is 3. The van der Waals surface area contributed by atoms with E-state index in [0.29, 0.717) is 16.8 Å². The number of fused-ring (bicyclic) bond motifs is 1. The van der Waals surface area contributed by atoms with Crippen LogP contribution in [0.5, 0.6) is 11.5 Å². The Morgan fingerprint density at radius 2 is 1.86 bits per heavy atom. The van der Waals surface area contributed by atoms with Crippen LogP contribution in [0.15, 0.2) is 42.5 Å². The number of nitrogens with one attached hydrogen (secondary N) is 1. The Morgan fingerprint density at radius 1 is 1.14 bits per heavy atom. The van der Waals surface area contributed by atoms with Gasteiger partial charge in [0, 0.05) is 18.2 Å². The van der Waals surface area contributed by atoms with Gasteiger partial charge in [0.25, 0.3) is 0 Å². The number of ether oxygens (including phenoxy) is 2. The van der Waals surface area contributed by atoms with Crippen molar-refractivity contribution >= 4 is 17.3 Å². The lowest BCUT2D eigenvalue weighted by Crippen LogP contribution is -2.21. The monoisotopic (exact) mass is 303 g/mol. The molecule has 1 unspecified atom stereocenters. The van der Waals surface area contributed by atoms with Crippen LogP contribution in [0, 0.1) is 0 Å². The summed E-state index contributed by atoms with van der Waals surface area (Å²) in [6.45, 7) is 2.43. The smallest absolute Gasteiger partial charge is 0.231 e. The van der Waals surface area contributed by atoms with E-state index in [1.54, 1.807) is 0 Å². The Morgan fingerprint density at radius 3 is 2.57 bits per heavy atom. The molecule has 0 aliphatic carbocycles. The zero-order valence-corrected chi connectivity index (χ0v) is 12.7. The highest BCUT2D eigenvalue weighted by Crippen LogP contribution is 2.39. The van der Waals surface area contributed by atoms with Gasteiger partial charge in [-0.05, 0) is 18.4 Å². The topological polar surface area (TPSA) is 30.5 Å². The summed E-state index contributed by atoms with van der Waals surface area (Å²) in [6.07, 6.45) is 1.97. The van der Waals surface area contributed by atoms with Gasteiger partial charge in [0.05, 0.1) is 10.7 Å². The predicted molar refractivity (Wildman–Crippen MR) is 85.4 cm³/mol. The first-order valence-electron chi connectivity index (χ1n) is 7.16. The molecule has 2 aromatic carbocycles. The first-order chi connectivity index (χ1) is 10.3. The fourth-order valence-corrected chi connectivity index (χ4v) is 2.65. The molecule has 1 atom stereocenters. The molecular formula is C17H18ClNO2. The van der Waals surface area contributed by atoms with Crippen LogP contribution in [0.2, 0.25) is 5.02 Å². The number of hydrogen-bond donors (Lipinski definition) is 1. The van der Waals surface area contributed by atoms with Gasteiger partial charge in [-0.2, -0.15) is 0 Å². The highest BCUT2D eigenvalue weighted by atomic mass is 35.5. The SMILES string of the molecule is CCC(Cc1ccccc1)Nc1cc2c(cc1Cl)OCO2. The summed E-state index contributed by atoms with van der Waals surface area (Å²) in [4.78, 5) is 0. The first kappa shape index (κ1) is 14.1. The Balaban J connectivity index is 1.75. The minimum Gasteiger partial charge on any atom is -0.454 e. The van der Waals surface area contributed by atoms with Crippen LogP contribution in [-0.2, 0) is 6.42 Å². The maximum Gasteiger partial charge on any atom is 0.231 e. The van der Waals surface area contributed by atoms with Gasteiger partial charge in [0.2, 0.25) is 6.79 Å². The third-order valence-electron chi connectivity index (χ3n) is 3.64. The van der Waals surface area contributed by atoms with Crippen LogP contribution >= 0.6 is 11.6 Å². The van der Waals surface area contributed by atoms with Gasteiger partial charge in [-0.1, -0.05) is 48.9 Å². The lowest BCUT2D eigenvalue weighted by Gasteiger charge is -2.19. The summed E-state index contributed by atoms with van der Waals surface area (Å²) >= 11 is 6.31. The lowest BCUT2D eigenvalue weighted by molar-refractivity contribution is 0.174. The summed E-state index contributed by atoms with van der Waals surface area (Å²) in [6, 6.07) is 14.5. The maximum absolute atomic E-state index is 6.31. The lowest BCUT2D eigenvalue weighted by atomic mass is 10.0. The normalized spacial score (nSPS) is 14.0. The summed E-state index contributed by atoms with van der Waals surface area (Å²) in [5, 5.41) is 4.17. The number of anilines is 1. The third kappa shape index (κ3) is 3.24. The summed E-state index contributed by atoms with van der Waals surface area (Å²) in [7, 11) is 0. The van der Waals surface area contributed by atoms with E-state index in [1.165, 1.54) is 5.56 Å². The van der Waals surface area contributed by atoms with Gasteiger partial charge in [-0.3, -0.25) is 0 Å². The molecule has 2 aromatic rings. The van der Waals surface area contributed by atoms with Crippen molar-refractivity contribution in [3.05, 3.63) is 53.1 Å². The molecule has 1 heterocycles. The molecule has 0 fully saturated rings. The molecule has 0 spiro atoms. The van der Waals surface area contributed by atoms with Crippen molar-refractivity contribution in [2.24, 2.45) is 0 Å². The van der Waals surface area contributed by atoms with E-state index < -0.39 is 0 Å². The molecule has 21 heavy (non-hydrogen) atoms. The van der Waals surface area contributed by atoms with Crippen LogP contribution in [0.1, 0.15) is 18.9 Å². The van der Waals surface area contributed by atoms with Crippen molar-refractivity contribution in [2.75, 3.05) is 12.1 Å². The molecule has 3 rings (SSSR count). The van der Waals surface area contributed by atoms with Crippen molar-refractivity contribution in [3.63, 3.8) is 0 Å². The number of benzene rings is 2. The summed E-state index contributed by atoms with van der Waals surface area (Å²) in [5.74, 6) is 1.46. The molecule has 0 bridgehead atoms. The van der Waals surface area contributed by atoms with E-state index in [0.717, 1.165) is 24.3 Å². The zero-order valence-electron chi connectivity index (χ0n) is 11.9. The van der Waals surface area contributed by atoms with Gasteiger partial charge < -0.3 is 14.8 Å². The van der Waals surface area contributed by atoms with Crippen LogP contribution in [-0.4, -0.2) is 12.8 Å². The molecule has 0 saturated carbocycles. The van der Waals surface area contributed by atoms with E-state index in [2.05, 4.69) is 36.5 Å². The standard InChI is InChI=1S/C17H18ClNO2/c1-2-13(8-12-6-4-3-5-7-12)19-15-10-17-16(9-14(15)18)20-11-21-17/h3-7,9-10,13,19H,2,8,11H2,1H3. The average molecular weight is 304 g/mol. The molecule has 3 nitrogen and oxygen atoms in total. The second-order valence-electron chi connectivity index (χ2n) is 5.12. The molecule has 0 amide bonds. The Labute approximate surface area is 129 Å². The van der Waals surface area contributed by atoms with E-state index in [9.17, 15) is 0 Å². The summed E-state index contributed by atoms with van der Waals surface area (Å²) in [5.41, 5.74) is 2.21. The molecule has 0 saturated heterocycles. The maximum atomic E-state index is 6.31. The largest absolute Gasteiger partial charge is 0.454 e. The van der Waals surface area contributed by atoms with Gasteiger partial charge in [-0.15, -0.1) is 0 Å². The van der Waals surface area contributed by atoms with Crippen LogP contribution in [0.3, 0.4) is 0 Å². The van der Waals surface area contributed by atoms with E-state index in [1.807, 2.05) is 18.2 Å². The highest BCUT2D eigenvalue weighted by Gasteiger charge is 2.18. The van der Waals surface area contributed by atoms with E-state index in [-0.39, 0.29) is 6.79 Å². The molecular weight excluding hydrogens is 286 g/mol. The highest BCUT2D eigenvalue weighted by molar-refractivity contribution is 6.33. The van der Waals surface area contributed by atoms with Gasteiger partial charge >= 0.3 is 0 Å². The Bertz CT molecular complexity index is 616. The first-order valence-corrected chi connectivity index (χ1v) is 7.53. The van der Waals surface area contributed by atoms with Crippen LogP contribution < -0.4 is 14.8 Å². The number of rotatable bonds is 5. The molecule has 1 aliphatic rings. The van der Waals surface area contributed by atoms with Crippen LogP contribution in [0.25, 0.3) is 0 Å². The second kappa shape index (κ2) is 6.27. The Hall–Kier alpha value is -1.87. The minimum atomic E-state index is 0.260. The van der Waals surface area contributed by atoms with Crippen molar-refractivity contribution in [1.29, 1.82) is 0 Å². The predicted octanol–water partition coefficient (Wildman–Crippen LogP) is 4.50. The van der Waals surface area contributed by atoms with E-state index >= 15 is 0 Å². The quantitative estimate of drug-likeness (QED) is 0.882. The Kier molecular flexibility index (Phi) is 4.20. The van der Waals surface area contributed by atoms with Gasteiger partial charge in [0.15, 0.2) is 11.5 Å². The summed E-state index contributed by atoms with van der Waals surface area (Å²) < 4.78 is 10.7. The van der Waals surface area contributed by atoms with Gasteiger partial charge in [0.1, 0.15) is 0 Å². The molecule has 110 valence electrons. The van der Waals surface area contributed by atoms with Crippen molar-refractivity contribution in [1.82, 2.24) is 0 Å². The second-order valence-corrected chi connectivity index (χ2v) is 5.53. The average Bonchev–Trinajstić information content (AvgIpc) is 2.95. The molecule has 4 heteroatoms. The molecule has 1 aliphatic heterocycles. The minimum absolute atomic E-state index is 0.260. The third-order valence-corrected chi connectivity index (χ3v) is 3.95. The van der Waals surface area contributed by atoms with Gasteiger partial charge in [-0.25, -0.2) is 0 Å². The van der Waals surface area contributed by atoms with Crippen molar-refractivity contribution < 1.29 is 9.47 Å².